The lowest BCUT2D eigenvalue weighted by atomic mass is 10.2. The summed E-state index contributed by atoms with van der Waals surface area (Å²) < 4.78 is 1.70. The highest BCUT2D eigenvalue weighted by Crippen LogP contribution is 2.24. The number of hydrogen-bond donors (Lipinski definition) is 0. The molecule has 0 aliphatic rings. The molecule has 0 unspecified atom stereocenters. The summed E-state index contributed by atoms with van der Waals surface area (Å²) in [6.07, 6.45) is 3.29. The van der Waals surface area contributed by atoms with Gasteiger partial charge < -0.3 is 4.57 Å². The Morgan fingerprint density at radius 3 is 2.93 bits per heavy atom. The van der Waals surface area contributed by atoms with Gasteiger partial charge in [-0.1, -0.05) is 0 Å². The molecule has 0 aliphatic carbocycles. The Kier molecular flexibility index (Phi) is 1.96. The van der Waals surface area contributed by atoms with Crippen molar-refractivity contribution in [1.82, 2.24) is 9.55 Å². The minimum atomic E-state index is -0.608. The van der Waals surface area contributed by atoms with E-state index in [0.29, 0.717) is 17.3 Å². The van der Waals surface area contributed by atoms with Gasteiger partial charge in [-0.25, -0.2) is 4.98 Å². The monoisotopic (exact) mass is 205 g/mol. The second-order valence-electron chi connectivity index (χ2n) is 3.10. The van der Waals surface area contributed by atoms with E-state index in [0.717, 1.165) is 6.20 Å². The van der Waals surface area contributed by atoms with Gasteiger partial charge in [0.25, 0.3) is 5.69 Å². The standard InChI is InChI=1S/C9H7N3O3/c1-11-3-2-6-7(5-13)8(12(14)15)4-10-9(6)11/h2-5H,1H3. The van der Waals surface area contributed by atoms with Gasteiger partial charge in [0.1, 0.15) is 17.4 Å². The van der Waals surface area contributed by atoms with Crippen LogP contribution in [0.5, 0.6) is 0 Å². The number of nitro groups is 1. The number of nitrogens with zero attached hydrogens (tertiary/aromatic N) is 3. The predicted molar refractivity (Wildman–Crippen MR) is 52.8 cm³/mol. The lowest BCUT2D eigenvalue weighted by Crippen LogP contribution is -1.97. The van der Waals surface area contributed by atoms with Crippen LogP contribution in [-0.2, 0) is 7.05 Å². The normalized spacial score (nSPS) is 10.5. The van der Waals surface area contributed by atoms with Crippen LogP contribution in [0.3, 0.4) is 0 Å². The number of carbonyl (C=O) groups is 1. The molecule has 0 bridgehead atoms. The third kappa shape index (κ3) is 1.26. The molecule has 0 aromatic carbocycles. The molecule has 0 N–H and O–H groups in total. The number of fused-ring (bicyclic) bond motifs is 1. The fourth-order valence-corrected chi connectivity index (χ4v) is 1.49. The SMILES string of the molecule is Cn1ccc2c(C=O)c([N+](=O)[O-])cnc21. The number of rotatable bonds is 2. The highest BCUT2D eigenvalue weighted by atomic mass is 16.6. The van der Waals surface area contributed by atoms with Crippen molar-refractivity contribution in [3.05, 3.63) is 34.1 Å². The van der Waals surface area contributed by atoms with Crippen LogP contribution in [-0.4, -0.2) is 20.8 Å². The van der Waals surface area contributed by atoms with Crippen LogP contribution in [0.4, 0.5) is 5.69 Å². The van der Waals surface area contributed by atoms with Crippen LogP contribution in [0.2, 0.25) is 0 Å². The van der Waals surface area contributed by atoms with Gasteiger partial charge in [0, 0.05) is 18.6 Å². The maximum atomic E-state index is 10.8. The zero-order chi connectivity index (χ0) is 11.0. The third-order valence-electron chi connectivity index (χ3n) is 2.23. The summed E-state index contributed by atoms with van der Waals surface area (Å²) in [6, 6.07) is 1.64. The number of aryl methyl sites for hydroxylation is 1. The van der Waals surface area contributed by atoms with Crippen LogP contribution in [0.15, 0.2) is 18.5 Å². The van der Waals surface area contributed by atoms with E-state index in [1.165, 1.54) is 0 Å². The highest BCUT2D eigenvalue weighted by molar-refractivity contribution is 5.99. The number of aromatic nitrogens is 2. The lowest BCUT2D eigenvalue weighted by Gasteiger charge is -1.98. The van der Waals surface area contributed by atoms with Crippen LogP contribution in [0.25, 0.3) is 11.0 Å². The molecule has 15 heavy (non-hydrogen) atoms. The number of carbonyl (C=O) groups excluding carboxylic acids is 1. The van der Waals surface area contributed by atoms with Crippen molar-refractivity contribution in [2.24, 2.45) is 7.05 Å². The molecule has 0 spiro atoms. The Morgan fingerprint density at radius 1 is 1.60 bits per heavy atom. The second kappa shape index (κ2) is 3.16. The first kappa shape index (κ1) is 9.32. The van der Waals surface area contributed by atoms with Crippen molar-refractivity contribution in [2.45, 2.75) is 0 Å². The number of hydrogen-bond acceptors (Lipinski definition) is 4. The van der Waals surface area contributed by atoms with Crippen LogP contribution < -0.4 is 0 Å². The van der Waals surface area contributed by atoms with Gasteiger partial charge in [-0.15, -0.1) is 0 Å². The molecule has 6 nitrogen and oxygen atoms in total. The Balaban J connectivity index is 2.87. The zero-order valence-electron chi connectivity index (χ0n) is 7.88. The van der Waals surface area contributed by atoms with Crippen molar-refractivity contribution < 1.29 is 9.72 Å². The first-order chi connectivity index (χ1) is 7.15. The van der Waals surface area contributed by atoms with E-state index in [4.69, 9.17) is 0 Å². The fourth-order valence-electron chi connectivity index (χ4n) is 1.49. The predicted octanol–water partition coefficient (Wildman–Crippen LogP) is 1.29. The van der Waals surface area contributed by atoms with Crippen molar-refractivity contribution in [3.63, 3.8) is 0 Å². The minimum absolute atomic E-state index is 0.0746. The molecule has 6 heteroatoms. The van der Waals surface area contributed by atoms with Gasteiger partial charge in [-0.3, -0.25) is 14.9 Å². The Labute approximate surface area is 84.3 Å². The molecule has 2 rings (SSSR count). The van der Waals surface area contributed by atoms with E-state index in [2.05, 4.69) is 4.98 Å². The molecule has 0 radical (unpaired) electrons. The summed E-state index contributed by atoms with van der Waals surface area (Å²) in [6.45, 7) is 0. The summed E-state index contributed by atoms with van der Waals surface area (Å²) in [5.41, 5.74) is 0.372. The van der Waals surface area contributed by atoms with Gasteiger partial charge in [0.15, 0.2) is 6.29 Å². The quantitative estimate of drug-likeness (QED) is 0.420. The highest BCUT2D eigenvalue weighted by Gasteiger charge is 2.18. The van der Waals surface area contributed by atoms with Gasteiger partial charge in [-0.2, -0.15) is 0 Å². The molecule has 2 aromatic heterocycles. The van der Waals surface area contributed by atoms with Gasteiger partial charge in [0.2, 0.25) is 0 Å². The topological polar surface area (TPSA) is 78.0 Å². The summed E-state index contributed by atoms with van der Waals surface area (Å²) >= 11 is 0. The first-order valence-corrected chi connectivity index (χ1v) is 4.18. The van der Waals surface area contributed by atoms with Crippen LogP contribution in [0, 0.1) is 10.1 Å². The molecule has 2 aromatic rings. The summed E-state index contributed by atoms with van der Waals surface area (Å²) in [5, 5.41) is 11.1. The van der Waals surface area contributed by atoms with Gasteiger partial charge in [0.05, 0.1) is 4.92 Å². The van der Waals surface area contributed by atoms with Gasteiger partial charge >= 0.3 is 0 Å². The molecule has 0 saturated carbocycles. The molecule has 76 valence electrons. The maximum Gasteiger partial charge on any atom is 0.298 e. The zero-order valence-corrected chi connectivity index (χ0v) is 7.88. The molecule has 0 amide bonds. The second-order valence-corrected chi connectivity index (χ2v) is 3.10. The lowest BCUT2D eigenvalue weighted by molar-refractivity contribution is -0.385. The van der Waals surface area contributed by atoms with Crippen molar-refractivity contribution >= 4 is 23.0 Å². The third-order valence-corrected chi connectivity index (χ3v) is 2.23. The van der Waals surface area contributed by atoms with Crippen molar-refractivity contribution in [3.8, 4) is 0 Å². The summed E-state index contributed by atoms with van der Waals surface area (Å²) in [5.74, 6) is 0. The van der Waals surface area contributed by atoms with Crippen LogP contribution >= 0.6 is 0 Å². The number of pyridine rings is 1. The molecular weight excluding hydrogens is 198 g/mol. The Hall–Kier alpha value is -2.24. The van der Waals surface area contributed by atoms with E-state index < -0.39 is 4.92 Å². The maximum absolute atomic E-state index is 10.8. The summed E-state index contributed by atoms with van der Waals surface area (Å²) in [7, 11) is 1.76. The average Bonchev–Trinajstić information content (AvgIpc) is 2.59. The molecular formula is C9H7N3O3. The summed E-state index contributed by atoms with van der Waals surface area (Å²) in [4.78, 5) is 24.8. The van der Waals surface area contributed by atoms with Gasteiger partial charge in [-0.05, 0) is 6.07 Å². The van der Waals surface area contributed by atoms with Crippen molar-refractivity contribution in [1.29, 1.82) is 0 Å². The van der Waals surface area contributed by atoms with E-state index >= 15 is 0 Å². The largest absolute Gasteiger partial charge is 0.336 e. The minimum Gasteiger partial charge on any atom is -0.336 e. The molecule has 0 aliphatic heterocycles. The van der Waals surface area contributed by atoms with Crippen molar-refractivity contribution in [2.75, 3.05) is 0 Å². The molecule has 0 atom stereocenters. The first-order valence-electron chi connectivity index (χ1n) is 4.18. The molecule has 0 fully saturated rings. The van der Waals surface area contributed by atoms with Crippen LogP contribution in [0.1, 0.15) is 10.4 Å². The van der Waals surface area contributed by atoms with E-state index in [1.807, 2.05) is 0 Å². The molecule has 0 saturated heterocycles. The average molecular weight is 205 g/mol. The Morgan fingerprint density at radius 2 is 2.33 bits per heavy atom. The smallest absolute Gasteiger partial charge is 0.298 e. The van der Waals surface area contributed by atoms with E-state index in [1.54, 1.807) is 23.9 Å². The van der Waals surface area contributed by atoms with E-state index in [-0.39, 0.29) is 11.3 Å². The molecule has 2 heterocycles. The number of aldehydes is 1. The fraction of sp³-hybridized carbons (Fsp3) is 0.111. The Bertz CT molecular complexity index is 559. The van der Waals surface area contributed by atoms with E-state index in [9.17, 15) is 14.9 Å².